The summed E-state index contributed by atoms with van der Waals surface area (Å²) in [6, 6.07) is 5.61. The third kappa shape index (κ3) is 4.40. The molecule has 0 fully saturated rings. The van der Waals surface area contributed by atoms with E-state index in [0.29, 0.717) is 18.0 Å². The second-order valence-electron chi connectivity index (χ2n) is 4.99. The Balaban J connectivity index is 3.07. The van der Waals surface area contributed by atoms with Crippen LogP contribution < -0.4 is 9.47 Å². The molecule has 1 aromatic carbocycles. The van der Waals surface area contributed by atoms with Crippen LogP contribution in [0.1, 0.15) is 31.9 Å². The number of hydrogen-bond acceptors (Lipinski definition) is 4. The van der Waals surface area contributed by atoms with E-state index >= 15 is 0 Å². The zero-order chi connectivity index (χ0) is 14.4. The van der Waals surface area contributed by atoms with Gasteiger partial charge in [0.15, 0.2) is 11.5 Å². The fraction of sp³-hybridized carbons (Fsp3) is 0.600. The third-order valence-electron chi connectivity index (χ3n) is 3.02. The maximum atomic E-state index is 10.3. The SMILES string of the molecule is CCC(C)Oc1c(OC)cccc1C(O)CN(C)C. The lowest BCUT2D eigenvalue weighted by Crippen LogP contribution is -2.21. The van der Waals surface area contributed by atoms with Gasteiger partial charge >= 0.3 is 0 Å². The molecule has 19 heavy (non-hydrogen) atoms. The van der Waals surface area contributed by atoms with Crippen molar-refractivity contribution in [2.45, 2.75) is 32.5 Å². The van der Waals surface area contributed by atoms with Crippen LogP contribution >= 0.6 is 0 Å². The molecule has 4 heteroatoms. The van der Waals surface area contributed by atoms with Crippen LogP contribution in [0.4, 0.5) is 0 Å². The van der Waals surface area contributed by atoms with Gasteiger partial charge in [-0.3, -0.25) is 0 Å². The van der Waals surface area contributed by atoms with Crippen molar-refractivity contribution >= 4 is 0 Å². The molecule has 0 aliphatic rings. The Morgan fingerprint density at radius 2 is 2.00 bits per heavy atom. The number of aliphatic hydroxyl groups is 1. The van der Waals surface area contributed by atoms with E-state index in [4.69, 9.17) is 9.47 Å². The number of hydrogen-bond donors (Lipinski definition) is 1. The van der Waals surface area contributed by atoms with E-state index in [1.165, 1.54) is 0 Å². The summed E-state index contributed by atoms with van der Waals surface area (Å²) in [5, 5.41) is 10.3. The molecule has 0 amide bonds. The first kappa shape index (κ1) is 15.8. The maximum Gasteiger partial charge on any atom is 0.167 e. The molecule has 108 valence electrons. The number of methoxy groups -OCH3 is 1. The second-order valence-corrected chi connectivity index (χ2v) is 4.99. The third-order valence-corrected chi connectivity index (χ3v) is 3.02. The van der Waals surface area contributed by atoms with E-state index in [2.05, 4.69) is 6.92 Å². The Morgan fingerprint density at radius 1 is 1.32 bits per heavy atom. The van der Waals surface area contributed by atoms with Gasteiger partial charge in [-0.05, 0) is 33.5 Å². The topological polar surface area (TPSA) is 41.9 Å². The fourth-order valence-corrected chi connectivity index (χ4v) is 1.81. The molecule has 0 aliphatic carbocycles. The number of benzene rings is 1. The molecule has 4 nitrogen and oxygen atoms in total. The van der Waals surface area contributed by atoms with E-state index in [1.807, 2.05) is 44.1 Å². The van der Waals surface area contributed by atoms with Gasteiger partial charge < -0.3 is 19.5 Å². The fourth-order valence-electron chi connectivity index (χ4n) is 1.81. The highest BCUT2D eigenvalue weighted by Crippen LogP contribution is 2.36. The molecule has 1 rings (SSSR count). The van der Waals surface area contributed by atoms with Crippen LogP contribution in [0.2, 0.25) is 0 Å². The highest BCUT2D eigenvalue weighted by atomic mass is 16.5. The van der Waals surface area contributed by atoms with Gasteiger partial charge in [-0.15, -0.1) is 0 Å². The van der Waals surface area contributed by atoms with Gasteiger partial charge in [0, 0.05) is 12.1 Å². The number of rotatable bonds is 7. The van der Waals surface area contributed by atoms with Gasteiger partial charge in [-0.1, -0.05) is 19.1 Å². The summed E-state index contributed by atoms with van der Waals surface area (Å²) in [5.41, 5.74) is 0.772. The molecule has 0 spiro atoms. The Labute approximate surface area is 115 Å². The predicted octanol–water partition coefficient (Wildman–Crippen LogP) is 2.47. The number of para-hydroxylation sites is 1. The van der Waals surface area contributed by atoms with Crippen molar-refractivity contribution in [3.63, 3.8) is 0 Å². The minimum absolute atomic E-state index is 0.0848. The van der Waals surface area contributed by atoms with Crippen LogP contribution in [0, 0.1) is 0 Å². The van der Waals surface area contributed by atoms with Crippen molar-refractivity contribution in [2.75, 3.05) is 27.7 Å². The molecule has 0 aromatic heterocycles. The highest BCUT2D eigenvalue weighted by Gasteiger charge is 2.19. The molecule has 2 unspecified atom stereocenters. The molecule has 0 heterocycles. The zero-order valence-corrected chi connectivity index (χ0v) is 12.5. The van der Waals surface area contributed by atoms with Crippen LogP contribution in [0.3, 0.4) is 0 Å². The van der Waals surface area contributed by atoms with Crippen LogP contribution in [0.5, 0.6) is 11.5 Å². The molecular weight excluding hydrogens is 242 g/mol. The quantitative estimate of drug-likeness (QED) is 0.824. The monoisotopic (exact) mass is 267 g/mol. The predicted molar refractivity (Wildman–Crippen MR) is 76.9 cm³/mol. The van der Waals surface area contributed by atoms with Crippen LogP contribution in [-0.4, -0.2) is 43.9 Å². The summed E-state index contributed by atoms with van der Waals surface area (Å²) in [7, 11) is 5.47. The number of aliphatic hydroxyl groups excluding tert-OH is 1. The van der Waals surface area contributed by atoms with Crippen molar-refractivity contribution in [1.82, 2.24) is 4.90 Å². The Morgan fingerprint density at radius 3 is 2.53 bits per heavy atom. The average Bonchev–Trinajstić information content (AvgIpc) is 2.37. The zero-order valence-electron chi connectivity index (χ0n) is 12.5. The molecular formula is C15H25NO3. The van der Waals surface area contributed by atoms with E-state index in [-0.39, 0.29) is 6.10 Å². The van der Waals surface area contributed by atoms with Gasteiger partial charge in [-0.25, -0.2) is 0 Å². The van der Waals surface area contributed by atoms with Gasteiger partial charge in [0.2, 0.25) is 0 Å². The van der Waals surface area contributed by atoms with Gasteiger partial charge in [0.1, 0.15) is 0 Å². The van der Waals surface area contributed by atoms with Crippen LogP contribution in [0.15, 0.2) is 18.2 Å². The maximum absolute atomic E-state index is 10.3. The second kappa shape index (κ2) is 7.36. The largest absolute Gasteiger partial charge is 0.493 e. The van der Waals surface area contributed by atoms with Gasteiger partial charge in [0.25, 0.3) is 0 Å². The van der Waals surface area contributed by atoms with E-state index in [1.54, 1.807) is 7.11 Å². The van der Waals surface area contributed by atoms with Crippen molar-refractivity contribution in [2.24, 2.45) is 0 Å². The molecule has 0 radical (unpaired) electrons. The summed E-state index contributed by atoms with van der Waals surface area (Å²) >= 11 is 0. The molecule has 0 aliphatic heterocycles. The molecule has 0 bridgehead atoms. The summed E-state index contributed by atoms with van der Waals surface area (Å²) in [5.74, 6) is 1.31. The van der Waals surface area contributed by atoms with Gasteiger partial charge in [-0.2, -0.15) is 0 Å². The van der Waals surface area contributed by atoms with Crippen molar-refractivity contribution in [3.8, 4) is 11.5 Å². The molecule has 1 aromatic rings. The highest BCUT2D eigenvalue weighted by molar-refractivity contribution is 5.48. The minimum atomic E-state index is -0.593. The standard InChI is InChI=1S/C15H25NO3/c1-6-11(2)19-15-12(13(17)10-16(3)4)8-7-9-14(15)18-5/h7-9,11,13,17H,6,10H2,1-5H3. The molecule has 0 saturated carbocycles. The minimum Gasteiger partial charge on any atom is -0.493 e. The molecule has 1 N–H and O–H groups in total. The smallest absolute Gasteiger partial charge is 0.167 e. The number of likely N-dealkylation sites (N-methyl/N-ethyl adjacent to an activating group) is 1. The van der Waals surface area contributed by atoms with Crippen LogP contribution in [-0.2, 0) is 0 Å². The van der Waals surface area contributed by atoms with Crippen molar-refractivity contribution in [1.29, 1.82) is 0 Å². The van der Waals surface area contributed by atoms with Crippen LogP contribution in [0.25, 0.3) is 0 Å². The summed E-state index contributed by atoms with van der Waals surface area (Å²) < 4.78 is 11.3. The van der Waals surface area contributed by atoms with Crippen molar-refractivity contribution in [3.05, 3.63) is 23.8 Å². The summed E-state index contributed by atoms with van der Waals surface area (Å²) in [6.07, 6.45) is 0.395. The summed E-state index contributed by atoms with van der Waals surface area (Å²) in [4.78, 5) is 1.94. The average molecular weight is 267 g/mol. The lowest BCUT2D eigenvalue weighted by molar-refractivity contribution is 0.128. The van der Waals surface area contributed by atoms with E-state index in [9.17, 15) is 5.11 Å². The van der Waals surface area contributed by atoms with E-state index < -0.39 is 6.10 Å². The van der Waals surface area contributed by atoms with E-state index in [0.717, 1.165) is 12.0 Å². The molecule has 0 saturated heterocycles. The Hall–Kier alpha value is -1.26. The first-order chi connectivity index (χ1) is 8.99. The lowest BCUT2D eigenvalue weighted by Gasteiger charge is -2.23. The number of nitrogens with zero attached hydrogens (tertiary/aromatic N) is 1. The first-order valence-corrected chi connectivity index (χ1v) is 6.65. The summed E-state index contributed by atoms with van der Waals surface area (Å²) in [6.45, 7) is 4.62. The Kier molecular flexibility index (Phi) is 6.12. The van der Waals surface area contributed by atoms with Crippen molar-refractivity contribution < 1.29 is 14.6 Å². The van der Waals surface area contributed by atoms with Gasteiger partial charge in [0.05, 0.1) is 19.3 Å². The Bertz CT molecular complexity index is 393. The number of ether oxygens (including phenoxy) is 2. The normalized spacial score (nSPS) is 14.3. The molecule has 2 atom stereocenters. The first-order valence-electron chi connectivity index (χ1n) is 6.65. The lowest BCUT2D eigenvalue weighted by atomic mass is 10.1.